The van der Waals surface area contributed by atoms with E-state index < -0.39 is 17.7 Å². The van der Waals surface area contributed by atoms with Gasteiger partial charge in [-0.2, -0.15) is 0 Å². The van der Waals surface area contributed by atoms with Crippen molar-refractivity contribution in [2.45, 2.75) is 6.04 Å². The number of ether oxygens (including phenoxy) is 1. The molecular weight excluding hydrogens is 388 g/mol. The lowest BCUT2D eigenvalue weighted by molar-refractivity contribution is -0.140. The molecule has 0 spiro atoms. The maximum Gasteiger partial charge on any atom is 0.295 e. The van der Waals surface area contributed by atoms with E-state index >= 15 is 0 Å². The monoisotopic (exact) mass is 412 g/mol. The van der Waals surface area contributed by atoms with Gasteiger partial charge in [0.25, 0.3) is 11.7 Å². The smallest absolute Gasteiger partial charge is 0.295 e. The van der Waals surface area contributed by atoms with Crippen molar-refractivity contribution < 1.29 is 19.4 Å². The maximum absolute atomic E-state index is 12.8. The molecule has 1 aromatic carbocycles. The molecule has 1 aliphatic heterocycles. The molecule has 0 bridgehead atoms. The highest BCUT2D eigenvalue weighted by atomic mass is 32.1. The summed E-state index contributed by atoms with van der Waals surface area (Å²) >= 11 is 1.46. The number of ketones is 1. The fourth-order valence-corrected chi connectivity index (χ4v) is 4.03. The van der Waals surface area contributed by atoms with Crippen LogP contribution in [0, 0.1) is 0 Å². The number of Topliss-reactive ketones (excluding diaryl/α,β-unsaturated/α-hetero) is 1. The predicted octanol–water partition coefficient (Wildman–Crippen LogP) is 3.30. The third-order valence-electron chi connectivity index (χ3n) is 4.64. The van der Waals surface area contributed by atoms with Crippen LogP contribution in [-0.4, -0.2) is 60.4 Å². The van der Waals surface area contributed by atoms with Gasteiger partial charge in [0, 0.05) is 23.5 Å². The molecule has 1 amide bonds. The first kappa shape index (κ1) is 20.8. The van der Waals surface area contributed by atoms with Crippen molar-refractivity contribution in [2.24, 2.45) is 0 Å². The second-order valence-electron chi connectivity index (χ2n) is 6.94. The lowest BCUT2D eigenvalue weighted by atomic mass is 10.00. The molecule has 1 saturated heterocycles. The van der Waals surface area contributed by atoms with Crippen molar-refractivity contribution >= 4 is 28.8 Å². The number of carbonyl (C=O) groups excluding carboxylic acids is 2. The summed E-state index contributed by atoms with van der Waals surface area (Å²) in [5, 5.41) is 12.9. The number of nitrogens with zero attached hydrogens (tertiary/aromatic N) is 2. The molecule has 0 saturated carbocycles. The van der Waals surface area contributed by atoms with Gasteiger partial charge in [-0.1, -0.05) is 18.7 Å². The van der Waals surface area contributed by atoms with Crippen molar-refractivity contribution in [1.29, 1.82) is 0 Å². The molecule has 2 heterocycles. The molecular formula is C22H24N2O4S. The number of carbonyl (C=O) groups is 2. The van der Waals surface area contributed by atoms with Gasteiger partial charge in [0.2, 0.25) is 0 Å². The molecule has 152 valence electrons. The number of likely N-dealkylation sites (N-methyl/N-ethyl adjacent to an activating group) is 1. The third kappa shape index (κ3) is 4.41. The number of hydrogen-bond donors (Lipinski definition) is 1. The van der Waals surface area contributed by atoms with Gasteiger partial charge in [0.15, 0.2) is 0 Å². The summed E-state index contributed by atoms with van der Waals surface area (Å²) in [7, 11) is 3.82. The van der Waals surface area contributed by atoms with Crippen LogP contribution in [0.15, 0.2) is 60.0 Å². The first-order valence-corrected chi connectivity index (χ1v) is 10.1. The van der Waals surface area contributed by atoms with Crippen LogP contribution in [0.5, 0.6) is 5.75 Å². The SMILES string of the molecule is C=CCOc1ccc(C(O)=C2C(=O)C(=O)N(CCN(C)C)[C@H]2c2cccs2)cc1. The highest BCUT2D eigenvalue weighted by molar-refractivity contribution is 7.10. The number of rotatable bonds is 8. The molecule has 0 radical (unpaired) electrons. The molecule has 1 aliphatic rings. The normalized spacial score (nSPS) is 18.4. The van der Waals surface area contributed by atoms with Crippen LogP contribution >= 0.6 is 11.3 Å². The van der Waals surface area contributed by atoms with E-state index in [0.717, 1.165) is 4.88 Å². The van der Waals surface area contributed by atoms with Gasteiger partial charge in [0.05, 0.1) is 11.6 Å². The summed E-state index contributed by atoms with van der Waals surface area (Å²) in [5.41, 5.74) is 0.582. The van der Waals surface area contributed by atoms with Crippen molar-refractivity contribution in [1.82, 2.24) is 9.80 Å². The Morgan fingerprint density at radius 1 is 1.28 bits per heavy atom. The van der Waals surface area contributed by atoms with E-state index in [0.29, 0.717) is 31.0 Å². The number of hydrogen-bond acceptors (Lipinski definition) is 6. The number of likely N-dealkylation sites (tertiary alicyclic amines) is 1. The van der Waals surface area contributed by atoms with E-state index in [9.17, 15) is 14.7 Å². The molecule has 2 aromatic rings. The number of aliphatic hydroxyl groups is 1. The van der Waals surface area contributed by atoms with Crippen LogP contribution in [0.25, 0.3) is 5.76 Å². The minimum absolute atomic E-state index is 0.121. The Labute approximate surface area is 174 Å². The van der Waals surface area contributed by atoms with Gasteiger partial charge in [-0.25, -0.2) is 0 Å². The molecule has 1 atom stereocenters. The lowest BCUT2D eigenvalue weighted by Crippen LogP contribution is -2.35. The summed E-state index contributed by atoms with van der Waals surface area (Å²) < 4.78 is 5.46. The van der Waals surface area contributed by atoms with Gasteiger partial charge in [-0.05, 0) is 49.8 Å². The van der Waals surface area contributed by atoms with Crippen LogP contribution in [0.2, 0.25) is 0 Å². The lowest BCUT2D eigenvalue weighted by Gasteiger charge is -2.25. The number of benzene rings is 1. The van der Waals surface area contributed by atoms with Crippen molar-refractivity contribution in [3.05, 3.63) is 70.4 Å². The molecule has 0 aliphatic carbocycles. The molecule has 0 unspecified atom stereocenters. The van der Waals surface area contributed by atoms with Crippen LogP contribution in [0.3, 0.4) is 0 Å². The third-order valence-corrected chi connectivity index (χ3v) is 5.56. The fourth-order valence-electron chi connectivity index (χ4n) is 3.18. The molecule has 1 N–H and O–H groups in total. The second kappa shape index (κ2) is 9.07. The zero-order valence-corrected chi connectivity index (χ0v) is 17.3. The van der Waals surface area contributed by atoms with E-state index in [1.165, 1.54) is 11.3 Å². The Kier molecular flexibility index (Phi) is 6.51. The quantitative estimate of drug-likeness (QED) is 0.312. The Morgan fingerprint density at radius 2 is 2.00 bits per heavy atom. The average molecular weight is 413 g/mol. The van der Waals surface area contributed by atoms with E-state index in [4.69, 9.17) is 4.74 Å². The molecule has 29 heavy (non-hydrogen) atoms. The van der Waals surface area contributed by atoms with Crippen LogP contribution in [-0.2, 0) is 9.59 Å². The van der Waals surface area contributed by atoms with Gasteiger partial charge >= 0.3 is 0 Å². The Hall–Kier alpha value is -2.90. The summed E-state index contributed by atoms with van der Waals surface area (Å²) in [6, 6.07) is 9.92. The standard InChI is InChI=1S/C22H24N2O4S/c1-4-13-28-16-9-7-15(8-10-16)20(25)18-19(17-6-5-14-29-17)24(12-11-23(2)3)22(27)21(18)26/h4-10,14,19,25H,1,11-13H2,2-3H3/t19-/m0/s1. The van der Waals surface area contributed by atoms with E-state index in [1.807, 2.05) is 36.5 Å². The zero-order chi connectivity index (χ0) is 21.0. The highest BCUT2D eigenvalue weighted by Gasteiger charge is 2.46. The topological polar surface area (TPSA) is 70.1 Å². The number of aliphatic hydroxyl groups excluding tert-OH is 1. The first-order chi connectivity index (χ1) is 13.9. The van der Waals surface area contributed by atoms with E-state index in [1.54, 1.807) is 35.2 Å². The minimum atomic E-state index is -0.661. The van der Waals surface area contributed by atoms with E-state index in [-0.39, 0.29) is 11.3 Å². The molecule has 3 rings (SSSR count). The molecule has 1 aromatic heterocycles. The summed E-state index contributed by atoms with van der Waals surface area (Å²) in [6.45, 7) is 4.99. The van der Waals surface area contributed by atoms with Crippen LogP contribution in [0.1, 0.15) is 16.5 Å². The summed E-state index contributed by atoms with van der Waals surface area (Å²) in [5.74, 6) is -0.795. The summed E-state index contributed by atoms with van der Waals surface area (Å²) in [4.78, 5) is 29.9. The van der Waals surface area contributed by atoms with Crippen molar-refractivity contribution in [3.8, 4) is 5.75 Å². The zero-order valence-electron chi connectivity index (χ0n) is 16.5. The average Bonchev–Trinajstić information content (AvgIpc) is 3.32. The highest BCUT2D eigenvalue weighted by Crippen LogP contribution is 2.41. The Bertz CT molecular complexity index is 917. The molecule has 7 heteroatoms. The largest absolute Gasteiger partial charge is 0.507 e. The first-order valence-electron chi connectivity index (χ1n) is 9.24. The Morgan fingerprint density at radius 3 is 2.59 bits per heavy atom. The predicted molar refractivity (Wildman–Crippen MR) is 114 cm³/mol. The maximum atomic E-state index is 12.8. The molecule has 6 nitrogen and oxygen atoms in total. The van der Waals surface area contributed by atoms with Gasteiger partial charge in [-0.3, -0.25) is 9.59 Å². The second-order valence-corrected chi connectivity index (χ2v) is 7.91. The fraction of sp³-hybridized carbons (Fsp3) is 0.273. The number of amides is 1. The minimum Gasteiger partial charge on any atom is -0.507 e. The van der Waals surface area contributed by atoms with Gasteiger partial charge in [-0.15, -0.1) is 11.3 Å². The van der Waals surface area contributed by atoms with Crippen LogP contribution in [0.4, 0.5) is 0 Å². The van der Waals surface area contributed by atoms with Crippen molar-refractivity contribution in [3.63, 3.8) is 0 Å². The van der Waals surface area contributed by atoms with Gasteiger partial charge < -0.3 is 19.6 Å². The summed E-state index contributed by atoms with van der Waals surface area (Å²) in [6.07, 6.45) is 1.64. The van der Waals surface area contributed by atoms with Crippen molar-refractivity contribution in [2.75, 3.05) is 33.8 Å². The van der Waals surface area contributed by atoms with E-state index in [2.05, 4.69) is 6.58 Å². The molecule has 1 fully saturated rings. The van der Waals surface area contributed by atoms with Crippen LogP contribution < -0.4 is 4.74 Å². The Balaban J connectivity index is 2.00. The number of thiophene rings is 1. The van der Waals surface area contributed by atoms with Gasteiger partial charge in [0.1, 0.15) is 18.1 Å².